The standard InChI is InChI=1S/C21H23NO5S/c1-16-10-12-22(13-11-16)28(25,26)19-9-5-8-18(14-19)21(24)27-15-20(23)17-6-3-2-4-7-17/h2-9,14,16H,10-13,15H2,1H3. The molecule has 0 radical (unpaired) electrons. The Hall–Kier alpha value is -2.51. The van der Waals surface area contributed by atoms with Crippen LogP contribution in [0.2, 0.25) is 0 Å². The summed E-state index contributed by atoms with van der Waals surface area (Å²) < 4.78 is 32.2. The number of rotatable bonds is 6. The van der Waals surface area contributed by atoms with Gasteiger partial charge in [0.05, 0.1) is 10.5 Å². The second kappa shape index (κ2) is 8.67. The number of piperidine rings is 1. The van der Waals surface area contributed by atoms with Crippen molar-refractivity contribution in [1.29, 1.82) is 0 Å². The second-order valence-corrected chi connectivity index (χ2v) is 8.92. The third-order valence-corrected chi connectivity index (χ3v) is 6.77. The van der Waals surface area contributed by atoms with Gasteiger partial charge < -0.3 is 4.74 Å². The summed E-state index contributed by atoms with van der Waals surface area (Å²) in [5, 5.41) is 0. The van der Waals surface area contributed by atoms with Gasteiger partial charge in [-0.15, -0.1) is 0 Å². The molecule has 0 saturated carbocycles. The van der Waals surface area contributed by atoms with Crippen LogP contribution in [0.1, 0.15) is 40.5 Å². The summed E-state index contributed by atoms with van der Waals surface area (Å²) >= 11 is 0. The van der Waals surface area contributed by atoms with Gasteiger partial charge in [0.15, 0.2) is 12.4 Å². The number of esters is 1. The van der Waals surface area contributed by atoms with Crippen molar-refractivity contribution in [3.8, 4) is 0 Å². The van der Waals surface area contributed by atoms with Crippen LogP contribution in [0.3, 0.4) is 0 Å². The lowest BCUT2D eigenvalue weighted by atomic mass is 10.0. The van der Waals surface area contributed by atoms with Gasteiger partial charge in [-0.05, 0) is 37.0 Å². The molecule has 0 atom stereocenters. The maximum Gasteiger partial charge on any atom is 0.338 e. The summed E-state index contributed by atoms with van der Waals surface area (Å²) in [6.07, 6.45) is 1.64. The molecule has 0 spiro atoms. The van der Waals surface area contributed by atoms with E-state index in [0.717, 1.165) is 12.8 Å². The van der Waals surface area contributed by atoms with E-state index in [4.69, 9.17) is 4.74 Å². The molecule has 3 rings (SSSR count). The molecule has 2 aromatic rings. The van der Waals surface area contributed by atoms with Crippen LogP contribution in [0.4, 0.5) is 0 Å². The Labute approximate surface area is 165 Å². The number of sulfonamides is 1. The average molecular weight is 401 g/mol. The highest BCUT2D eigenvalue weighted by Gasteiger charge is 2.28. The molecule has 0 N–H and O–H groups in total. The molecule has 148 valence electrons. The first-order valence-electron chi connectivity index (χ1n) is 9.23. The van der Waals surface area contributed by atoms with E-state index >= 15 is 0 Å². The van der Waals surface area contributed by atoms with E-state index in [1.807, 2.05) is 0 Å². The fourth-order valence-electron chi connectivity index (χ4n) is 3.08. The largest absolute Gasteiger partial charge is 0.454 e. The molecule has 0 bridgehead atoms. The van der Waals surface area contributed by atoms with Crippen LogP contribution in [0, 0.1) is 5.92 Å². The Morgan fingerprint density at radius 2 is 1.64 bits per heavy atom. The molecule has 0 aliphatic carbocycles. The SMILES string of the molecule is CC1CCN(S(=O)(=O)c2cccc(C(=O)OCC(=O)c3ccccc3)c2)CC1. The third kappa shape index (κ3) is 4.66. The number of Topliss-reactive ketones (excluding diaryl/α,β-unsaturated/α-hetero) is 1. The summed E-state index contributed by atoms with van der Waals surface area (Å²) in [5.41, 5.74) is 0.554. The number of hydrogen-bond donors (Lipinski definition) is 0. The number of carbonyl (C=O) groups excluding carboxylic acids is 2. The van der Waals surface area contributed by atoms with Crippen molar-refractivity contribution in [3.05, 3.63) is 65.7 Å². The Morgan fingerprint density at radius 3 is 2.32 bits per heavy atom. The number of ether oxygens (including phenoxy) is 1. The highest BCUT2D eigenvalue weighted by molar-refractivity contribution is 7.89. The molecule has 7 heteroatoms. The minimum absolute atomic E-state index is 0.0610. The molecular formula is C21H23NO5S. The first-order chi connectivity index (χ1) is 13.4. The zero-order valence-electron chi connectivity index (χ0n) is 15.7. The van der Waals surface area contributed by atoms with Gasteiger partial charge in [-0.2, -0.15) is 4.31 Å². The van der Waals surface area contributed by atoms with Crippen molar-refractivity contribution in [2.45, 2.75) is 24.7 Å². The summed E-state index contributed by atoms with van der Waals surface area (Å²) in [7, 11) is -3.66. The molecule has 28 heavy (non-hydrogen) atoms. The molecule has 6 nitrogen and oxygen atoms in total. The third-order valence-electron chi connectivity index (χ3n) is 4.88. The van der Waals surface area contributed by atoms with E-state index in [1.165, 1.54) is 28.6 Å². The molecule has 1 heterocycles. The quantitative estimate of drug-likeness (QED) is 0.549. The van der Waals surface area contributed by atoms with Crippen molar-refractivity contribution in [2.24, 2.45) is 5.92 Å². The number of nitrogens with zero attached hydrogens (tertiary/aromatic N) is 1. The maximum absolute atomic E-state index is 12.8. The molecular weight excluding hydrogens is 378 g/mol. The van der Waals surface area contributed by atoms with Crippen LogP contribution >= 0.6 is 0 Å². The first-order valence-corrected chi connectivity index (χ1v) is 10.7. The topological polar surface area (TPSA) is 80.8 Å². The van der Waals surface area contributed by atoms with Crippen molar-refractivity contribution < 1.29 is 22.7 Å². The van der Waals surface area contributed by atoms with Gasteiger partial charge in [0.1, 0.15) is 0 Å². The van der Waals surface area contributed by atoms with Gasteiger partial charge in [-0.25, -0.2) is 13.2 Å². The lowest BCUT2D eigenvalue weighted by Gasteiger charge is -2.29. The van der Waals surface area contributed by atoms with Crippen molar-refractivity contribution in [3.63, 3.8) is 0 Å². The molecule has 0 aromatic heterocycles. The van der Waals surface area contributed by atoms with Gasteiger partial charge >= 0.3 is 5.97 Å². The first kappa shape index (κ1) is 20.2. The molecule has 2 aromatic carbocycles. The summed E-state index contributed by atoms with van der Waals surface area (Å²) in [6, 6.07) is 14.3. The fourth-order valence-corrected chi connectivity index (χ4v) is 4.60. The van der Waals surface area contributed by atoms with Gasteiger partial charge in [0.25, 0.3) is 0 Å². The van der Waals surface area contributed by atoms with Gasteiger partial charge in [0, 0.05) is 18.7 Å². The Balaban J connectivity index is 1.68. The number of ketones is 1. The lowest BCUT2D eigenvalue weighted by molar-refractivity contribution is 0.0474. The average Bonchev–Trinajstić information content (AvgIpc) is 2.72. The number of hydrogen-bond acceptors (Lipinski definition) is 5. The van der Waals surface area contributed by atoms with Gasteiger partial charge in [-0.3, -0.25) is 4.79 Å². The zero-order chi connectivity index (χ0) is 20.1. The van der Waals surface area contributed by atoms with Crippen LogP contribution in [0.5, 0.6) is 0 Å². The van der Waals surface area contributed by atoms with E-state index in [-0.39, 0.29) is 16.2 Å². The minimum Gasteiger partial charge on any atom is -0.454 e. The zero-order valence-corrected chi connectivity index (χ0v) is 16.5. The minimum atomic E-state index is -3.66. The Kier molecular flexibility index (Phi) is 6.26. The summed E-state index contributed by atoms with van der Waals surface area (Å²) in [5.74, 6) is -0.538. The van der Waals surface area contributed by atoms with E-state index in [2.05, 4.69) is 6.92 Å². The van der Waals surface area contributed by atoms with E-state index < -0.39 is 22.6 Å². The van der Waals surface area contributed by atoms with E-state index in [1.54, 1.807) is 30.3 Å². The van der Waals surface area contributed by atoms with Crippen LogP contribution in [-0.4, -0.2) is 44.2 Å². The Bertz CT molecular complexity index is 948. The highest BCUT2D eigenvalue weighted by Crippen LogP contribution is 2.24. The van der Waals surface area contributed by atoms with Gasteiger partial charge in [0.2, 0.25) is 10.0 Å². The maximum atomic E-state index is 12.8. The van der Waals surface area contributed by atoms with Crippen molar-refractivity contribution in [2.75, 3.05) is 19.7 Å². The predicted octanol–water partition coefficient (Wildman–Crippen LogP) is 3.15. The van der Waals surface area contributed by atoms with Crippen LogP contribution in [-0.2, 0) is 14.8 Å². The molecule has 1 aliphatic rings. The lowest BCUT2D eigenvalue weighted by Crippen LogP contribution is -2.37. The molecule has 1 fully saturated rings. The van der Waals surface area contributed by atoms with Crippen LogP contribution < -0.4 is 0 Å². The molecule has 1 aliphatic heterocycles. The van der Waals surface area contributed by atoms with Crippen molar-refractivity contribution >= 4 is 21.8 Å². The van der Waals surface area contributed by atoms with Gasteiger partial charge in [-0.1, -0.05) is 43.3 Å². The predicted molar refractivity (Wildman–Crippen MR) is 105 cm³/mol. The normalized spacial score (nSPS) is 15.9. The monoisotopic (exact) mass is 401 g/mol. The smallest absolute Gasteiger partial charge is 0.338 e. The van der Waals surface area contributed by atoms with Crippen LogP contribution in [0.25, 0.3) is 0 Å². The number of benzene rings is 2. The molecule has 1 saturated heterocycles. The summed E-state index contributed by atoms with van der Waals surface area (Å²) in [4.78, 5) is 24.4. The number of carbonyl (C=O) groups is 2. The summed E-state index contributed by atoms with van der Waals surface area (Å²) in [6.45, 7) is 2.66. The highest BCUT2D eigenvalue weighted by atomic mass is 32.2. The van der Waals surface area contributed by atoms with Crippen molar-refractivity contribution in [1.82, 2.24) is 4.31 Å². The van der Waals surface area contributed by atoms with E-state index in [9.17, 15) is 18.0 Å². The van der Waals surface area contributed by atoms with Crippen LogP contribution in [0.15, 0.2) is 59.5 Å². The fraction of sp³-hybridized carbons (Fsp3) is 0.333. The second-order valence-electron chi connectivity index (χ2n) is 6.98. The Morgan fingerprint density at radius 1 is 1.00 bits per heavy atom. The van der Waals surface area contributed by atoms with E-state index in [0.29, 0.717) is 24.6 Å². The molecule has 0 amide bonds. The molecule has 0 unspecified atom stereocenters.